The van der Waals surface area contributed by atoms with Gasteiger partial charge in [0.05, 0.1) is 13.2 Å². The number of morpholine rings is 1. The van der Waals surface area contributed by atoms with Gasteiger partial charge in [0.15, 0.2) is 0 Å². The van der Waals surface area contributed by atoms with Crippen molar-refractivity contribution in [2.24, 2.45) is 5.92 Å². The van der Waals surface area contributed by atoms with Gasteiger partial charge in [-0.1, -0.05) is 13.8 Å². The SMILES string of the molecule is CC(C)CC(=O)N1CCN(C(=O)C(=O)N2CCOCC2)CC1. The van der Waals surface area contributed by atoms with Crippen LogP contribution < -0.4 is 0 Å². The second kappa shape index (κ2) is 7.58. The van der Waals surface area contributed by atoms with Gasteiger partial charge in [0.1, 0.15) is 0 Å². The molecule has 2 aliphatic heterocycles. The molecule has 3 amide bonds. The summed E-state index contributed by atoms with van der Waals surface area (Å²) in [6, 6.07) is 0. The third-order valence-corrected chi connectivity index (χ3v) is 3.98. The molecule has 2 aliphatic rings. The fourth-order valence-electron chi connectivity index (χ4n) is 2.67. The van der Waals surface area contributed by atoms with Crippen LogP contribution in [0.25, 0.3) is 0 Å². The van der Waals surface area contributed by atoms with Crippen LogP contribution in [0.1, 0.15) is 20.3 Å². The average molecular weight is 311 g/mol. The highest BCUT2D eigenvalue weighted by atomic mass is 16.5. The molecule has 0 aromatic carbocycles. The molecule has 0 aliphatic carbocycles. The normalized spacial score (nSPS) is 19.5. The van der Waals surface area contributed by atoms with Crippen LogP contribution in [-0.2, 0) is 19.1 Å². The molecule has 7 nitrogen and oxygen atoms in total. The van der Waals surface area contributed by atoms with E-state index in [-0.39, 0.29) is 5.91 Å². The van der Waals surface area contributed by atoms with Gasteiger partial charge in [-0.05, 0) is 5.92 Å². The van der Waals surface area contributed by atoms with Crippen molar-refractivity contribution in [1.29, 1.82) is 0 Å². The largest absolute Gasteiger partial charge is 0.378 e. The van der Waals surface area contributed by atoms with Gasteiger partial charge < -0.3 is 19.4 Å². The summed E-state index contributed by atoms with van der Waals surface area (Å²) in [7, 11) is 0. The Bertz CT molecular complexity index is 425. The Kier molecular flexibility index (Phi) is 5.76. The van der Waals surface area contributed by atoms with Crippen molar-refractivity contribution in [3.8, 4) is 0 Å². The fraction of sp³-hybridized carbons (Fsp3) is 0.800. The quantitative estimate of drug-likeness (QED) is 0.649. The molecule has 0 aromatic rings. The van der Waals surface area contributed by atoms with Crippen molar-refractivity contribution >= 4 is 17.7 Å². The zero-order valence-corrected chi connectivity index (χ0v) is 13.4. The summed E-state index contributed by atoms with van der Waals surface area (Å²) in [5.74, 6) is -0.459. The molecular formula is C15H25N3O4. The smallest absolute Gasteiger partial charge is 0.312 e. The van der Waals surface area contributed by atoms with Crippen molar-refractivity contribution in [3.63, 3.8) is 0 Å². The van der Waals surface area contributed by atoms with Crippen molar-refractivity contribution in [3.05, 3.63) is 0 Å². The number of carbonyl (C=O) groups excluding carboxylic acids is 3. The Labute approximate surface area is 131 Å². The highest BCUT2D eigenvalue weighted by Crippen LogP contribution is 2.09. The summed E-state index contributed by atoms with van der Waals surface area (Å²) < 4.78 is 5.18. The molecule has 0 atom stereocenters. The van der Waals surface area contributed by atoms with E-state index in [9.17, 15) is 14.4 Å². The number of amides is 3. The maximum Gasteiger partial charge on any atom is 0.312 e. The molecule has 7 heteroatoms. The van der Waals surface area contributed by atoms with E-state index in [1.807, 2.05) is 13.8 Å². The Morgan fingerprint density at radius 3 is 1.77 bits per heavy atom. The number of ether oxygens (including phenoxy) is 1. The van der Waals surface area contributed by atoms with Crippen LogP contribution in [0, 0.1) is 5.92 Å². The lowest BCUT2D eigenvalue weighted by Gasteiger charge is -2.36. The van der Waals surface area contributed by atoms with Crippen LogP contribution in [0.2, 0.25) is 0 Å². The van der Waals surface area contributed by atoms with Gasteiger partial charge in [0.2, 0.25) is 5.91 Å². The molecule has 2 heterocycles. The topological polar surface area (TPSA) is 70.2 Å². The molecule has 0 saturated carbocycles. The summed E-state index contributed by atoms with van der Waals surface area (Å²) in [6.45, 7) is 7.80. The standard InChI is InChI=1S/C15H25N3O4/c1-12(2)11-13(19)16-3-5-17(6-4-16)14(20)15(21)18-7-9-22-10-8-18/h12H,3-11H2,1-2H3. The zero-order valence-electron chi connectivity index (χ0n) is 13.4. The molecule has 0 unspecified atom stereocenters. The second-order valence-corrected chi connectivity index (χ2v) is 6.18. The predicted molar refractivity (Wildman–Crippen MR) is 80.0 cm³/mol. The van der Waals surface area contributed by atoms with Crippen LogP contribution >= 0.6 is 0 Å². The third kappa shape index (κ3) is 4.19. The van der Waals surface area contributed by atoms with E-state index < -0.39 is 11.8 Å². The van der Waals surface area contributed by atoms with E-state index in [0.717, 1.165) is 0 Å². The van der Waals surface area contributed by atoms with Gasteiger partial charge in [-0.15, -0.1) is 0 Å². The summed E-state index contributed by atoms with van der Waals surface area (Å²) >= 11 is 0. The molecular weight excluding hydrogens is 286 g/mol. The van der Waals surface area contributed by atoms with E-state index >= 15 is 0 Å². The maximum absolute atomic E-state index is 12.2. The highest BCUT2D eigenvalue weighted by molar-refractivity contribution is 6.34. The Balaban J connectivity index is 1.81. The summed E-state index contributed by atoms with van der Waals surface area (Å²) in [5, 5.41) is 0. The van der Waals surface area contributed by atoms with Gasteiger partial charge in [-0.2, -0.15) is 0 Å². The number of hydrogen-bond acceptors (Lipinski definition) is 4. The molecule has 0 aromatic heterocycles. The molecule has 0 bridgehead atoms. The van der Waals surface area contributed by atoms with Crippen molar-refractivity contribution < 1.29 is 19.1 Å². The maximum atomic E-state index is 12.2. The number of rotatable bonds is 2. The van der Waals surface area contributed by atoms with Crippen LogP contribution in [0.5, 0.6) is 0 Å². The van der Waals surface area contributed by atoms with E-state index in [0.29, 0.717) is 64.8 Å². The summed E-state index contributed by atoms with van der Waals surface area (Å²) in [5.41, 5.74) is 0. The Morgan fingerprint density at radius 2 is 1.27 bits per heavy atom. The van der Waals surface area contributed by atoms with Crippen LogP contribution in [-0.4, -0.2) is 84.9 Å². The minimum atomic E-state index is -0.460. The van der Waals surface area contributed by atoms with Gasteiger partial charge in [-0.3, -0.25) is 14.4 Å². The number of hydrogen-bond donors (Lipinski definition) is 0. The molecule has 0 N–H and O–H groups in total. The van der Waals surface area contributed by atoms with Crippen molar-refractivity contribution in [2.75, 3.05) is 52.5 Å². The Hall–Kier alpha value is -1.63. The van der Waals surface area contributed by atoms with Gasteiger partial charge in [-0.25, -0.2) is 0 Å². The molecule has 2 rings (SSSR count). The first-order valence-electron chi connectivity index (χ1n) is 7.92. The molecule has 2 saturated heterocycles. The molecule has 0 radical (unpaired) electrons. The summed E-state index contributed by atoms with van der Waals surface area (Å²) in [6.07, 6.45) is 0.528. The van der Waals surface area contributed by atoms with Crippen LogP contribution in [0.15, 0.2) is 0 Å². The van der Waals surface area contributed by atoms with Crippen molar-refractivity contribution in [2.45, 2.75) is 20.3 Å². The molecule has 2 fully saturated rings. The van der Waals surface area contributed by atoms with Gasteiger partial charge in [0, 0.05) is 45.7 Å². The van der Waals surface area contributed by atoms with E-state index in [1.165, 1.54) is 0 Å². The van der Waals surface area contributed by atoms with Crippen molar-refractivity contribution in [1.82, 2.24) is 14.7 Å². The van der Waals surface area contributed by atoms with Gasteiger partial charge in [0.25, 0.3) is 0 Å². The zero-order chi connectivity index (χ0) is 16.1. The minimum Gasteiger partial charge on any atom is -0.378 e. The third-order valence-electron chi connectivity index (χ3n) is 3.98. The summed E-state index contributed by atoms with van der Waals surface area (Å²) in [4.78, 5) is 41.3. The Morgan fingerprint density at radius 1 is 0.818 bits per heavy atom. The van der Waals surface area contributed by atoms with Crippen LogP contribution in [0.3, 0.4) is 0 Å². The van der Waals surface area contributed by atoms with E-state index in [1.54, 1.807) is 14.7 Å². The van der Waals surface area contributed by atoms with E-state index in [2.05, 4.69) is 0 Å². The monoisotopic (exact) mass is 311 g/mol. The predicted octanol–water partition coefficient (Wildman–Crippen LogP) is -0.438. The lowest BCUT2D eigenvalue weighted by molar-refractivity contribution is -0.155. The first-order valence-corrected chi connectivity index (χ1v) is 7.92. The number of piperazine rings is 1. The van der Waals surface area contributed by atoms with Crippen LogP contribution in [0.4, 0.5) is 0 Å². The average Bonchev–Trinajstić information content (AvgIpc) is 2.54. The number of nitrogens with zero attached hydrogens (tertiary/aromatic N) is 3. The first kappa shape index (κ1) is 16.7. The molecule has 124 valence electrons. The fourth-order valence-corrected chi connectivity index (χ4v) is 2.67. The molecule has 22 heavy (non-hydrogen) atoms. The van der Waals surface area contributed by atoms with Gasteiger partial charge >= 0.3 is 11.8 Å². The lowest BCUT2D eigenvalue weighted by Crippen LogP contribution is -2.55. The molecule has 0 spiro atoms. The number of carbonyl (C=O) groups is 3. The first-order chi connectivity index (χ1) is 10.5. The second-order valence-electron chi connectivity index (χ2n) is 6.18. The van der Waals surface area contributed by atoms with E-state index in [4.69, 9.17) is 4.74 Å². The lowest BCUT2D eigenvalue weighted by atomic mass is 10.1. The highest BCUT2D eigenvalue weighted by Gasteiger charge is 2.31. The minimum absolute atomic E-state index is 0.126.